The minimum absolute atomic E-state index is 0.0403. The molecule has 0 amide bonds. The quantitative estimate of drug-likeness (QED) is 0.0905. The Morgan fingerprint density at radius 3 is 2.61 bits per heavy atom. The summed E-state index contributed by atoms with van der Waals surface area (Å²) < 4.78 is 1.27. The summed E-state index contributed by atoms with van der Waals surface area (Å²) in [6.07, 6.45) is 2.52. The van der Waals surface area contributed by atoms with Crippen LogP contribution in [0.3, 0.4) is 0 Å². The third-order valence-corrected chi connectivity index (χ3v) is 3.73. The highest BCUT2D eigenvalue weighted by Crippen LogP contribution is 2.15. The first kappa shape index (κ1) is 21.4. The molecule has 0 spiro atoms. The number of nitrogens with one attached hydrogen (secondary N) is 4. The Kier molecular flexibility index (Phi) is 6.46. The van der Waals surface area contributed by atoms with Crippen LogP contribution in [0, 0.1) is 0 Å². The minimum atomic E-state index is -0.431. The summed E-state index contributed by atoms with van der Waals surface area (Å²) in [7, 11) is 0. The van der Waals surface area contributed by atoms with Crippen LogP contribution in [-0.4, -0.2) is 89.0 Å². The zero-order valence-electron chi connectivity index (χ0n) is 16.8. The Hall–Kier alpha value is -4.85. The number of rotatable bonds is 10. The van der Waals surface area contributed by atoms with E-state index in [1.807, 2.05) is 0 Å². The number of aliphatic hydroxyl groups is 2. The Bertz CT molecular complexity index is 1220. The molecule has 0 radical (unpaired) electrons. The van der Waals surface area contributed by atoms with Gasteiger partial charge in [-0.15, -0.1) is 40.8 Å². The highest BCUT2D eigenvalue weighted by Gasteiger charge is 2.13. The molecule has 1 atom stereocenters. The molecule has 0 saturated heterocycles. The second kappa shape index (κ2) is 9.97. The van der Waals surface area contributed by atoms with Gasteiger partial charge in [-0.25, -0.2) is 10.1 Å². The van der Waals surface area contributed by atoms with E-state index in [0.717, 1.165) is 6.34 Å². The van der Waals surface area contributed by atoms with Gasteiger partial charge < -0.3 is 10.2 Å². The summed E-state index contributed by atoms with van der Waals surface area (Å²) in [6.45, 7) is 1.10. The van der Waals surface area contributed by atoms with E-state index in [1.54, 1.807) is 6.92 Å². The van der Waals surface area contributed by atoms with E-state index in [4.69, 9.17) is 5.11 Å². The van der Waals surface area contributed by atoms with Gasteiger partial charge in [-0.1, -0.05) is 5.21 Å². The van der Waals surface area contributed by atoms with Gasteiger partial charge in [0.25, 0.3) is 17.8 Å². The van der Waals surface area contributed by atoms with Crippen molar-refractivity contribution in [3.05, 3.63) is 17.7 Å². The Labute approximate surface area is 182 Å². The van der Waals surface area contributed by atoms with Gasteiger partial charge in [0, 0.05) is 0 Å². The van der Waals surface area contributed by atoms with Crippen molar-refractivity contribution in [1.29, 1.82) is 0 Å². The fourth-order valence-corrected chi connectivity index (χ4v) is 2.25. The van der Waals surface area contributed by atoms with Gasteiger partial charge in [0.05, 0.1) is 18.5 Å². The van der Waals surface area contributed by atoms with E-state index in [9.17, 15) is 5.11 Å². The number of anilines is 4. The Balaban J connectivity index is 1.35. The van der Waals surface area contributed by atoms with Crippen LogP contribution >= 0.6 is 0 Å². The van der Waals surface area contributed by atoms with Crippen LogP contribution in [0.5, 0.6) is 0 Å². The van der Waals surface area contributed by atoms with Crippen molar-refractivity contribution in [3.8, 4) is 5.95 Å². The molecule has 0 aromatic carbocycles. The highest BCUT2D eigenvalue weighted by molar-refractivity contribution is 5.54. The second-order valence-electron chi connectivity index (χ2n) is 5.97. The van der Waals surface area contributed by atoms with E-state index in [2.05, 4.69) is 86.9 Å². The first-order valence-electron chi connectivity index (χ1n) is 9.12. The number of aliphatic hydroxyl groups excluding tert-OH is 2. The zero-order chi connectivity index (χ0) is 23.0. The average molecular weight is 456 g/mol. The lowest BCUT2D eigenvalue weighted by molar-refractivity contribution is 0.272. The second-order valence-corrected chi connectivity index (χ2v) is 5.97. The van der Waals surface area contributed by atoms with Crippen LogP contribution in [0.1, 0.15) is 24.5 Å². The SMILES string of the molecule is CC(N=NC=NCO)c1nc(Nc2nnc(Nc3nc(-n4nncc4CO)n[nH]3)nn2)n[nH]1. The van der Waals surface area contributed by atoms with Crippen molar-refractivity contribution in [3.63, 3.8) is 0 Å². The van der Waals surface area contributed by atoms with E-state index in [-0.39, 0.29) is 43.1 Å². The summed E-state index contributed by atoms with van der Waals surface area (Å²) in [5.41, 5.74) is 0.415. The highest BCUT2D eigenvalue weighted by atomic mass is 16.3. The fraction of sp³-hybridized carbons (Fsp3) is 0.308. The van der Waals surface area contributed by atoms with Crippen molar-refractivity contribution in [2.75, 3.05) is 17.4 Å². The molecule has 33 heavy (non-hydrogen) atoms. The summed E-state index contributed by atoms with van der Waals surface area (Å²) in [5, 5.41) is 67.2. The lowest BCUT2D eigenvalue weighted by Crippen LogP contribution is -2.07. The van der Waals surface area contributed by atoms with Crippen LogP contribution in [0.4, 0.5) is 23.8 Å². The van der Waals surface area contributed by atoms with Crippen molar-refractivity contribution in [1.82, 2.24) is 65.8 Å². The largest absolute Gasteiger partial charge is 0.390 e. The molecular formula is C13H16N18O2. The van der Waals surface area contributed by atoms with Crippen LogP contribution < -0.4 is 10.6 Å². The van der Waals surface area contributed by atoms with Crippen LogP contribution in [0.2, 0.25) is 0 Å². The lowest BCUT2D eigenvalue weighted by atomic mass is 10.3. The molecule has 20 nitrogen and oxygen atoms in total. The lowest BCUT2D eigenvalue weighted by Gasteiger charge is -2.00. The maximum Gasteiger partial charge on any atom is 0.272 e. The fourth-order valence-electron chi connectivity index (χ4n) is 2.25. The maximum atomic E-state index is 9.27. The average Bonchev–Trinajstić information content (AvgIpc) is 3.58. The third-order valence-electron chi connectivity index (χ3n) is 3.73. The van der Waals surface area contributed by atoms with Crippen LogP contribution in [0.15, 0.2) is 21.4 Å². The third kappa shape index (κ3) is 5.26. The number of aromatic nitrogens is 13. The van der Waals surface area contributed by atoms with Crippen molar-refractivity contribution in [2.45, 2.75) is 19.6 Å². The number of nitrogens with zero attached hydrogens (tertiary/aromatic N) is 14. The Morgan fingerprint density at radius 2 is 1.85 bits per heavy atom. The normalized spacial score (nSPS) is 12.6. The monoisotopic (exact) mass is 456 g/mol. The molecule has 0 fully saturated rings. The van der Waals surface area contributed by atoms with Gasteiger partial charge in [-0.2, -0.15) is 19.8 Å². The minimum Gasteiger partial charge on any atom is -0.390 e. The van der Waals surface area contributed by atoms with Crippen molar-refractivity contribution < 1.29 is 10.2 Å². The number of azo groups is 1. The number of hydrogen-bond acceptors (Lipinski definition) is 16. The molecule has 170 valence electrons. The number of aromatic amines is 2. The number of hydrogen-bond donors (Lipinski definition) is 6. The summed E-state index contributed by atoms with van der Waals surface area (Å²) in [5.74, 6) is 1.04. The van der Waals surface area contributed by atoms with Gasteiger partial charge in [0.2, 0.25) is 11.9 Å². The molecule has 0 aliphatic carbocycles. The number of aliphatic imine (C=N–C) groups is 1. The summed E-state index contributed by atoms with van der Waals surface area (Å²) >= 11 is 0. The maximum absolute atomic E-state index is 9.27. The van der Waals surface area contributed by atoms with E-state index in [0.29, 0.717) is 11.5 Å². The van der Waals surface area contributed by atoms with E-state index >= 15 is 0 Å². The number of H-pyrrole nitrogens is 2. The van der Waals surface area contributed by atoms with Gasteiger partial charge >= 0.3 is 0 Å². The first-order valence-corrected chi connectivity index (χ1v) is 9.12. The molecule has 4 heterocycles. The predicted molar refractivity (Wildman–Crippen MR) is 107 cm³/mol. The van der Waals surface area contributed by atoms with Crippen LogP contribution in [0.25, 0.3) is 5.95 Å². The first-order chi connectivity index (χ1) is 16.2. The molecule has 20 heteroatoms. The van der Waals surface area contributed by atoms with E-state index < -0.39 is 6.04 Å². The molecule has 1 unspecified atom stereocenters. The molecule has 6 N–H and O–H groups in total. The van der Waals surface area contributed by atoms with Gasteiger partial charge in [-0.05, 0) is 6.92 Å². The molecule has 4 aromatic rings. The molecule has 4 rings (SSSR count). The van der Waals surface area contributed by atoms with Gasteiger partial charge in [0.15, 0.2) is 5.82 Å². The van der Waals surface area contributed by atoms with Gasteiger partial charge in [-0.3, -0.25) is 15.7 Å². The van der Waals surface area contributed by atoms with Crippen molar-refractivity contribution >= 4 is 30.1 Å². The van der Waals surface area contributed by atoms with Crippen LogP contribution in [-0.2, 0) is 6.61 Å². The molecule has 4 aromatic heterocycles. The zero-order valence-corrected chi connectivity index (χ0v) is 16.8. The van der Waals surface area contributed by atoms with Gasteiger partial charge in [0.1, 0.15) is 19.1 Å². The smallest absolute Gasteiger partial charge is 0.272 e. The Morgan fingerprint density at radius 1 is 1.06 bits per heavy atom. The molecule has 0 bridgehead atoms. The van der Waals surface area contributed by atoms with E-state index in [1.165, 1.54) is 10.9 Å². The predicted octanol–water partition coefficient (Wildman–Crippen LogP) is -1.45. The summed E-state index contributed by atoms with van der Waals surface area (Å²) in [4.78, 5) is 11.9. The standard InChI is InChI=1S/C13H16N18O2/c1-6(21-16-4-14-5-33)8-17-9(23-22-8)18-11-25-27-12(28-26-11)19-10-20-13(29-24-10)31-7(3-32)2-15-30-31/h2,4,6,32-33H,3,5H2,1H3,(H2,17,18,22,23,25,26)(H2,19,20,24,27,28,29). The topological polar surface area (TPSA) is 267 Å². The molecule has 0 aliphatic heterocycles. The van der Waals surface area contributed by atoms with Crippen molar-refractivity contribution in [2.24, 2.45) is 15.2 Å². The summed E-state index contributed by atoms with van der Waals surface area (Å²) in [6, 6.07) is -0.431. The molecular weight excluding hydrogens is 440 g/mol. The molecule has 0 aliphatic rings. The molecule has 0 saturated carbocycles.